The number of nitrogen functional groups attached to an aromatic ring is 1. The first-order valence-corrected chi connectivity index (χ1v) is 9.09. The van der Waals surface area contributed by atoms with Gasteiger partial charge in [0.05, 0.1) is 0 Å². The van der Waals surface area contributed by atoms with Crippen LogP contribution in [0.2, 0.25) is 0 Å². The number of aromatic nitrogens is 1. The summed E-state index contributed by atoms with van der Waals surface area (Å²) >= 11 is 3.20. The smallest absolute Gasteiger partial charge is 0.244 e. The number of pyridine rings is 1. The van der Waals surface area contributed by atoms with Crippen LogP contribution in [0.1, 0.15) is 27.7 Å². The SMILES string of the molecule is CC(C)N(CCNS(=O)(=O)c1cc(Br)cnc1N)C(C)C. The molecule has 1 aromatic rings. The number of sulfonamides is 1. The van der Waals surface area contributed by atoms with E-state index >= 15 is 0 Å². The highest BCUT2D eigenvalue weighted by atomic mass is 79.9. The van der Waals surface area contributed by atoms with Crippen molar-refractivity contribution in [1.29, 1.82) is 0 Å². The van der Waals surface area contributed by atoms with Crippen LogP contribution in [0.15, 0.2) is 21.6 Å². The van der Waals surface area contributed by atoms with Crippen LogP contribution in [0, 0.1) is 0 Å². The van der Waals surface area contributed by atoms with E-state index in [0.29, 0.717) is 29.6 Å². The van der Waals surface area contributed by atoms with E-state index < -0.39 is 10.0 Å². The first-order valence-electron chi connectivity index (χ1n) is 6.81. The minimum absolute atomic E-state index is 0.00230. The predicted molar refractivity (Wildman–Crippen MR) is 88.5 cm³/mol. The lowest BCUT2D eigenvalue weighted by molar-refractivity contribution is 0.179. The molecule has 1 aromatic heterocycles. The van der Waals surface area contributed by atoms with Crippen LogP contribution in [0.4, 0.5) is 5.82 Å². The van der Waals surface area contributed by atoms with Crippen molar-refractivity contribution in [3.8, 4) is 0 Å². The van der Waals surface area contributed by atoms with Gasteiger partial charge in [-0.05, 0) is 49.7 Å². The third kappa shape index (κ3) is 5.21. The Morgan fingerprint density at radius 1 is 1.33 bits per heavy atom. The zero-order chi connectivity index (χ0) is 16.2. The number of anilines is 1. The molecule has 21 heavy (non-hydrogen) atoms. The van der Waals surface area contributed by atoms with Gasteiger partial charge in [0.1, 0.15) is 10.7 Å². The third-order valence-corrected chi connectivity index (χ3v) is 5.05. The van der Waals surface area contributed by atoms with E-state index in [1.165, 1.54) is 12.3 Å². The maximum absolute atomic E-state index is 12.3. The summed E-state index contributed by atoms with van der Waals surface area (Å²) < 4.78 is 27.7. The minimum Gasteiger partial charge on any atom is -0.383 e. The van der Waals surface area contributed by atoms with E-state index in [4.69, 9.17) is 5.73 Å². The van der Waals surface area contributed by atoms with Gasteiger partial charge in [0, 0.05) is 35.8 Å². The Hall–Kier alpha value is -0.700. The van der Waals surface area contributed by atoms with Gasteiger partial charge in [-0.2, -0.15) is 0 Å². The second-order valence-electron chi connectivity index (χ2n) is 5.36. The Labute approximate surface area is 135 Å². The van der Waals surface area contributed by atoms with Crippen LogP contribution in [0.3, 0.4) is 0 Å². The molecule has 0 aliphatic rings. The first-order chi connectivity index (χ1) is 9.65. The summed E-state index contributed by atoms with van der Waals surface area (Å²) in [5.41, 5.74) is 5.64. The molecule has 3 N–H and O–H groups in total. The van der Waals surface area contributed by atoms with Gasteiger partial charge in [0.25, 0.3) is 0 Å². The summed E-state index contributed by atoms with van der Waals surface area (Å²) in [6, 6.07) is 2.16. The van der Waals surface area contributed by atoms with Crippen molar-refractivity contribution >= 4 is 31.8 Å². The summed E-state index contributed by atoms with van der Waals surface area (Å²) in [4.78, 5) is 6.06. The van der Waals surface area contributed by atoms with Crippen LogP contribution in [0.5, 0.6) is 0 Å². The molecular weight excluding hydrogens is 356 g/mol. The Kier molecular flexibility index (Phi) is 6.58. The fraction of sp³-hybridized carbons (Fsp3) is 0.615. The molecule has 0 unspecified atom stereocenters. The Bertz CT molecular complexity index is 568. The molecule has 0 spiro atoms. The molecule has 0 saturated heterocycles. The van der Waals surface area contributed by atoms with Crippen molar-refractivity contribution in [2.45, 2.75) is 44.7 Å². The van der Waals surface area contributed by atoms with E-state index in [9.17, 15) is 8.42 Å². The normalized spacial score (nSPS) is 12.6. The zero-order valence-corrected chi connectivity index (χ0v) is 15.2. The molecule has 1 rings (SSSR count). The molecule has 120 valence electrons. The molecule has 0 radical (unpaired) electrons. The average Bonchev–Trinajstić information content (AvgIpc) is 2.36. The number of rotatable bonds is 7. The molecule has 0 aromatic carbocycles. The molecule has 0 aliphatic heterocycles. The standard InChI is InChI=1S/C13H23BrN4O2S/c1-9(2)18(10(3)4)6-5-17-21(19,20)12-7-11(14)8-16-13(12)15/h7-10,17H,5-6H2,1-4H3,(H2,15,16). The molecule has 1 heterocycles. The van der Waals surface area contributed by atoms with Crippen molar-refractivity contribution in [2.75, 3.05) is 18.8 Å². The number of nitrogens with zero attached hydrogens (tertiary/aromatic N) is 2. The van der Waals surface area contributed by atoms with Gasteiger partial charge in [0.2, 0.25) is 10.0 Å². The van der Waals surface area contributed by atoms with Crippen LogP contribution < -0.4 is 10.5 Å². The number of hydrogen-bond acceptors (Lipinski definition) is 5. The number of halogens is 1. The number of nitrogens with two attached hydrogens (primary N) is 1. The molecule has 6 nitrogen and oxygen atoms in total. The van der Waals surface area contributed by atoms with Crippen LogP contribution in [-0.2, 0) is 10.0 Å². The van der Waals surface area contributed by atoms with E-state index in [-0.39, 0.29) is 10.7 Å². The molecular formula is C13H23BrN4O2S. The van der Waals surface area contributed by atoms with E-state index in [2.05, 4.69) is 58.2 Å². The molecule has 8 heteroatoms. The predicted octanol–water partition coefficient (Wildman–Crippen LogP) is 1.82. The summed E-state index contributed by atoms with van der Waals surface area (Å²) in [6.45, 7) is 9.31. The lowest BCUT2D eigenvalue weighted by atomic mass is 10.2. The Morgan fingerprint density at radius 3 is 2.43 bits per heavy atom. The van der Waals surface area contributed by atoms with Crippen molar-refractivity contribution in [3.63, 3.8) is 0 Å². The van der Waals surface area contributed by atoms with E-state index in [1.807, 2.05) is 0 Å². The maximum atomic E-state index is 12.3. The summed E-state index contributed by atoms with van der Waals surface area (Å²) in [6.07, 6.45) is 1.47. The first kappa shape index (κ1) is 18.3. The second kappa shape index (κ2) is 7.53. The molecule has 0 fully saturated rings. The van der Waals surface area contributed by atoms with Gasteiger partial charge in [-0.3, -0.25) is 4.90 Å². The molecule has 0 atom stereocenters. The van der Waals surface area contributed by atoms with E-state index in [1.54, 1.807) is 0 Å². The maximum Gasteiger partial charge on any atom is 0.244 e. The fourth-order valence-corrected chi connectivity index (χ4v) is 3.75. The van der Waals surface area contributed by atoms with Gasteiger partial charge in [0.15, 0.2) is 0 Å². The highest BCUT2D eigenvalue weighted by Crippen LogP contribution is 2.20. The van der Waals surface area contributed by atoms with Crippen molar-refractivity contribution < 1.29 is 8.42 Å². The number of hydrogen-bond donors (Lipinski definition) is 2. The molecule has 0 saturated carbocycles. The average molecular weight is 379 g/mol. The summed E-state index contributed by atoms with van der Waals surface area (Å²) in [7, 11) is -3.65. The Morgan fingerprint density at radius 2 is 1.90 bits per heavy atom. The highest BCUT2D eigenvalue weighted by Gasteiger charge is 2.20. The van der Waals surface area contributed by atoms with Gasteiger partial charge in [-0.25, -0.2) is 18.1 Å². The van der Waals surface area contributed by atoms with E-state index in [0.717, 1.165) is 0 Å². The third-order valence-electron chi connectivity index (χ3n) is 3.13. The van der Waals surface area contributed by atoms with Crippen molar-refractivity contribution in [1.82, 2.24) is 14.6 Å². The number of nitrogens with one attached hydrogen (secondary N) is 1. The minimum atomic E-state index is -3.65. The van der Waals surface area contributed by atoms with Crippen LogP contribution in [-0.4, -0.2) is 43.5 Å². The van der Waals surface area contributed by atoms with Crippen molar-refractivity contribution in [2.24, 2.45) is 0 Å². The molecule has 0 aliphatic carbocycles. The van der Waals surface area contributed by atoms with Gasteiger partial charge >= 0.3 is 0 Å². The van der Waals surface area contributed by atoms with Gasteiger partial charge in [-0.1, -0.05) is 0 Å². The lowest BCUT2D eigenvalue weighted by Crippen LogP contribution is -2.42. The van der Waals surface area contributed by atoms with Gasteiger partial charge < -0.3 is 5.73 Å². The highest BCUT2D eigenvalue weighted by molar-refractivity contribution is 9.10. The summed E-state index contributed by atoms with van der Waals surface area (Å²) in [5.74, 6) is -0.00437. The van der Waals surface area contributed by atoms with Gasteiger partial charge in [-0.15, -0.1) is 0 Å². The fourth-order valence-electron chi connectivity index (χ4n) is 2.15. The monoisotopic (exact) mass is 378 g/mol. The van der Waals surface area contributed by atoms with Crippen LogP contribution >= 0.6 is 15.9 Å². The molecule has 0 amide bonds. The Balaban J connectivity index is 2.76. The van der Waals surface area contributed by atoms with Crippen molar-refractivity contribution in [3.05, 3.63) is 16.7 Å². The zero-order valence-electron chi connectivity index (χ0n) is 12.8. The largest absolute Gasteiger partial charge is 0.383 e. The summed E-state index contributed by atoms with van der Waals surface area (Å²) in [5, 5.41) is 0. The van der Waals surface area contributed by atoms with Crippen LogP contribution in [0.25, 0.3) is 0 Å². The second-order valence-corrected chi connectivity index (χ2v) is 8.01. The topological polar surface area (TPSA) is 88.3 Å². The lowest BCUT2D eigenvalue weighted by Gasteiger charge is -2.30. The quantitative estimate of drug-likeness (QED) is 0.755. The molecule has 0 bridgehead atoms.